The van der Waals surface area contributed by atoms with Crippen LogP contribution >= 0.6 is 11.3 Å². The van der Waals surface area contributed by atoms with Crippen LogP contribution in [-0.2, 0) is 18.3 Å². The Morgan fingerprint density at radius 1 is 1.52 bits per heavy atom. The zero-order valence-electron chi connectivity index (χ0n) is 11.4. The fraction of sp³-hybridized carbons (Fsp3) is 0.214. The van der Waals surface area contributed by atoms with Gasteiger partial charge < -0.3 is 10.4 Å². The summed E-state index contributed by atoms with van der Waals surface area (Å²) in [4.78, 5) is 23.1. The van der Waals surface area contributed by atoms with Gasteiger partial charge in [0, 0.05) is 25.9 Å². The van der Waals surface area contributed by atoms with E-state index in [1.165, 1.54) is 17.4 Å². The lowest BCUT2D eigenvalue weighted by molar-refractivity contribution is -0.131. The molecule has 0 saturated heterocycles. The molecule has 0 aliphatic heterocycles. The normalized spacial score (nSPS) is 10.9. The third-order valence-electron chi connectivity index (χ3n) is 2.76. The molecule has 0 saturated carbocycles. The molecule has 0 radical (unpaired) electrons. The number of carboxylic acid groups (broad SMARTS) is 1. The van der Waals surface area contributed by atoms with Gasteiger partial charge in [-0.15, -0.1) is 11.3 Å². The Balaban J connectivity index is 1.91. The van der Waals surface area contributed by atoms with E-state index in [2.05, 4.69) is 10.4 Å². The SMILES string of the molecule is Cn1cc(CCNC(=O)c2sccc2/C=C/C(=O)O)cn1. The van der Waals surface area contributed by atoms with Crippen LogP contribution < -0.4 is 5.32 Å². The quantitative estimate of drug-likeness (QED) is 0.793. The topological polar surface area (TPSA) is 84.2 Å². The highest BCUT2D eigenvalue weighted by atomic mass is 32.1. The molecule has 2 rings (SSSR count). The van der Waals surface area contributed by atoms with Crippen LogP contribution in [-0.4, -0.2) is 33.3 Å². The number of nitrogens with one attached hydrogen (secondary N) is 1. The first-order valence-corrected chi connectivity index (χ1v) is 7.18. The molecule has 2 N–H and O–H groups in total. The smallest absolute Gasteiger partial charge is 0.328 e. The first-order chi connectivity index (χ1) is 10.1. The second-order valence-electron chi connectivity index (χ2n) is 4.40. The van der Waals surface area contributed by atoms with E-state index >= 15 is 0 Å². The Hall–Kier alpha value is -2.41. The molecule has 0 spiro atoms. The van der Waals surface area contributed by atoms with E-state index in [0.717, 1.165) is 11.6 Å². The Bertz CT molecular complexity index is 673. The van der Waals surface area contributed by atoms with Crippen molar-refractivity contribution in [2.75, 3.05) is 6.54 Å². The summed E-state index contributed by atoms with van der Waals surface area (Å²) in [7, 11) is 1.84. The van der Waals surface area contributed by atoms with Crippen molar-refractivity contribution in [1.29, 1.82) is 0 Å². The summed E-state index contributed by atoms with van der Waals surface area (Å²) < 4.78 is 1.71. The molecule has 0 aromatic carbocycles. The summed E-state index contributed by atoms with van der Waals surface area (Å²) in [6.45, 7) is 0.504. The van der Waals surface area contributed by atoms with Gasteiger partial charge in [0.25, 0.3) is 5.91 Å². The van der Waals surface area contributed by atoms with Gasteiger partial charge in [0.05, 0.1) is 11.1 Å². The summed E-state index contributed by atoms with van der Waals surface area (Å²) in [5, 5.41) is 17.3. The van der Waals surface area contributed by atoms with E-state index < -0.39 is 5.97 Å². The third-order valence-corrected chi connectivity index (χ3v) is 3.69. The average Bonchev–Trinajstić information content (AvgIpc) is 3.05. The average molecular weight is 305 g/mol. The van der Waals surface area contributed by atoms with Gasteiger partial charge in [-0.25, -0.2) is 4.79 Å². The standard InChI is InChI=1S/C14H15N3O3S/c1-17-9-10(8-16-17)4-6-15-14(20)13-11(5-7-21-13)2-3-12(18)19/h2-3,5,7-9H,4,6H2,1H3,(H,15,20)(H,18,19)/b3-2+. The van der Waals surface area contributed by atoms with Gasteiger partial charge in [-0.2, -0.15) is 5.10 Å². The maximum Gasteiger partial charge on any atom is 0.328 e. The third kappa shape index (κ3) is 4.28. The van der Waals surface area contributed by atoms with Crippen LogP contribution in [0.1, 0.15) is 20.8 Å². The molecule has 2 aromatic heterocycles. The number of aliphatic carboxylic acids is 1. The lowest BCUT2D eigenvalue weighted by Crippen LogP contribution is -2.25. The molecule has 6 nitrogen and oxygen atoms in total. The first-order valence-electron chi connectivity index (χ1n) is 6.30. The van der Waals surface area contributed by atoms with E-state index in [-0.39, 0.29) is 5.91 Å². The monoisotopic (exact) mass is 305 g/mol. The van der Waals surface area contributed by atoms with Gasteiger partial charge in [0.1, 0.15) is 0 Å². The number of aromatic nitrogens is 2. The van der Waals surface area contributed by atoms with E-state index in [1.807, 2.05) is 13.2 Å². The number of carboxylic acids is 1. The van der Waals surface area contributed by atoms with Crippen LogP contribution in [0.25, 0.3) is 6.08 Å². The minimum Gasteiger partial charge on any atom is -0.478 e. The van der Waals surface area contributed by atoms with E-state index in [4.69, 9.17) is 5.11 Å². The van der Waals surface area contributed by atoms with Crippen LogP contribution in [0, 0.1) is 0 Å². The largest absolute Gasteiger partial charge is 0.478 e. The fourth-order valence-electron chi connectivity index (χ4n) is 1.80. The summed E-state index contributed by atoms with van der Waals surface area (Å²) in [5.74, 6) is -1.23. The highest BCUT2D eigenvalue weighted by Crippen LogP contribution is 2.18. The molecule has 21 heavy (non-hydrogen) atoms. The zero-order valence-corrected chi connectivity index (χ0v) is 12.3. The molecule has 7 heteroatoms. The second kappa shape index (κ2) is 6.85. The van der Waals surface area contributed by atoms with Crippen molar-refractivity contribution in [1.82, 2.24) is 15.1 Å². The Kier molecular flexibility index (Phi) is 4.89. The number of nitrogens with zero attached hydrogens (tertiary/aromatic N) is 2. The van der Waals surface area contributed by atoms with Crippen molar-refractivity contribution < 1.29 is 14.7 Å². The predicted octanol–water partition coefficient (Wildman–Crippen LogP) is 1.55. The maximum absolute atomic E-state index is 12.1. The first kappa shape index (κ1) is 15.0. The van der Waals surface area contributed by atoms with Crippen LogP contribution in [0.15, 0.2) is 29.9 Å². The van der Waals surface area contributed by atoms with Crippen molar-refractivity contribution >= 4 is 29.3 Å². The van der Waals surface area contributed by atoms with Gasteiger partial charge in [-0.1, -0.05) is 0 Å². The summed E-state index contributed by atoms with van der Waals surface area (Å²) >= 11 is 1.29. The van der Waals surface area contributed by atoms with Crippen LogP contribution in [0.5, 0.6) is 0 Å². The van der Waals surface area contributed by atoms with Crippen LogP contribution in [0.4, 0.5) is 0 Å². The van der Waals surface area contributed by atoms with Crippen LogP contribution in [0.2, 0.25) is 0 Å². The zero-order chi connectivity index (χ0) is 15.2. The second-order valence-corrected chi connectivity index (χ2v) is 5.32. The van der Waals surface area contributed by atoms with E-state index in [1.54, 1.807) is 22.3 Å². The number of carbonyl (C=O) groups excluding carboxylic acids is 1. The lowest BCUT2D eigenvalue weighted by Gasteiger charge is -2.03. The van der Waals surface area contributed by atoms with Crippen molar-refractivity contribution in [2.45, 2.75) is 6.42 Å². The Labute approximate surface area is 125 Å². The van der Waals surface area contributed by atoms with Gasteiger partial charge in [-0.05, 0) is 35.1 Å². The molecule has 0 atom stereocenters. The number of amides is 1. The summed E-state index contributed by atoms with van der Waals surface area (Å²) in [6.07, 6.45) is 6.81. The van der Waals surface area contributed by atoms with Crippen molar-refractivity contribution in [3.63, 3.8) is 0 Å². The number of hydrogen-bond donors (Lipinski definition) is 2. The lowest BCUT2D eigenvalue weighted by atomic mass is 10.2. The number of thiophene rings is 1. The molecular weight excluding hydrogens is 290 g/mol. The molecule has 2 heterocycles. The molecule has 0 fully saturated rings. The summed E-state index contributed by atoms with van der Waals surface area (Å²) in [5.41, 5.74) is 1.66. The number of aryl methyl sites for hydroxylation is 1. The van der Waals surface area contributed by atoms with Gasteiger partial charge >= 0.3 is 5.97 Å². The predicted molar refractivity (Wildman–Crippen MR) is 80.2 cm³/mol. The molecule has 110 valence electrons. The number of carbonyl (C=O) groups is 2. The molecule has 0 unspecified atom stereocenters. The van der Waals surface area contributed by atoms with Gasteiger partial charge in [0.15, 0.2) is 0 Å². The molecule has 1 amide bonds. The van der Waals surface area contributed by atoms with Gasteiger partial charge in [0.2, 0.25) is 0 Å². The number of hydrogen-bond acceptors (Lipinski definition) is 4. The maximum atomic E-state index is 12.1. The van der Waals surface area contributed by atoms with Crippen molar-refractivity contribution in [2.24, 2.45) is 7.05 Å². The summed E-state index contributed by atoms with van der Waals surface area (Å²) in [6, 6.07) is 1.72. The molecule has 0 aliphatic carbocycles. The van der Waals surface area contributed by atoms with E-state index in [9.17, 15) is 9.59 Å². The Morgan fingerprint density at radius 2 is 2.33 bits per heavy atom. The number of rotatable bonds is 6. The molecule has 0 bridgehead atoms. The van der Waals surface area contributed by atoms with E-state index in [0.29, 0.717) is 23.4 Å². The molecule has 2 aromatic rings. The highest BCUT2D eigenvalue weighted by molar-refractivity contribution is 7.12. The van der Waals surface area contributed by atoms with Crippen molar-refractivity contribution in [3.8, 4) is 0 Å². The molecule has 0 aliphatic rings. The minimum absolute atomic E-state index is 0.195. The minimum atomic E-state index is -1.04. The fourth-order valence-corrected chi connectivity index (χ4v) is 2.60. The Morgan fingerprint density at radius 3 is 3.00 bits per heavy atom. The molecular formula is C14H15N3O3S. The van der Waals surface area contributed by atoms with Crippen molar-refractivity contribution in [3.05, 3.63) is 45.9 Å². The highest BCUT2D eigenvalue weighted by Gasteiger charge is 2.11. The van der Waals surface area contributed by atoms with Gasteiger partial charge in [-0.3, -0.25) is 9.48 Å². The van der Waals surface area contributed by atoms with Crippen LogP contribution in [0.3, 0.4) is 0 Å².